The lowest BCUT2D eigenvalue weighted by atomic mass is 9.88. The molecule has 1 atom stereocenters. The zero-order chi connectivity index (χ0) is 13.6. The SMILES string of the molecule is CCC(O)(CCN1CCCCCC1)c1ccccc1.Cl. The van der Waals surface area contributed by atoms with E-state index in [0.29, 0.717) is 0 Å². The van der Waals surface area contributed by atoms with Crippen LogP contribution in [0.3, 0.4) is 0 Å². The van der Waals surface area contributed by atoms with Crippen molar-refractivity contribution in [1.82, 2.24) is 4.90 Å². The van der Waals surface area contributed by atoms with Crippen molar-refractivity contribution < 1.29 is 5.11 Å². The lowest BCUT2D eigenvalue weighted by molar-refractivity contribution is 0.0135. The van der Waals surface area contributed by atoms with Crippen molar-refractivity contribution in [3.8, 4) is 0 Å². The monoisotopic (exact) mass is 297 g/mol. The minimum atomic E-state index is -0.659. The topological polar surface area (TPSA) is 23.5 Å². The van der Waals surface area contributed by atoms with E-state index in [2.05, 4.69) is 11.8 Å². The van der Waals surface area contributed by atoms with Gasteiger partial charge in [0, 0.05) is 6.54 Å². The summed E-state index contributed by atoms with van der Waals surface area (Å²) in [6.45, 7) is 5.50. The van der Waals surface area contributed by atoms with Gasteiger partial charge in [-0.25, -0.2) is 0 Å². The second kappa shape index (κ2) is 8.66. The van der Waals surface area contributed by atoms with Gasteiger partial charge in [-0.2, -0.15) is 0 Å². The van der Waals surface area contributed by atoms with Crippen LogP contribution in [0.4, 0.5) is 0 Å². The summed E-state index contributed by atoms with van der Waals surface area (Å²) < 4.78 is 0. The second-order valence-electron chi connectivity index (χ2n) is 5.76. The fraction of sp³-hybridized carbons (Fsp3) is 0.647. The normalized spacial score (nSPS) is 19.7. The number of benzene rings is 1. The maximum Gasteiger partial charge on any atom is 0.0906 e. The lowest BCUT2D eigenvalue weighted by Crippen LogP contribution is -2.33. The van der Waals surface area contributed by atoms with Crippen LogP contribution in [0.5, 0.6) is 0 Å². The first-order valence-corrected chi connectivity index (χ1v) is 7.75. The molecular weight excluding hydrogens is 270 g/mol. The first-order chi connectivity index (χ1) is 9.24. The Hall–Kier alpha value is -0.570. The molecule has 2 nitrogen and oxygen atoms in total. The molecule has 20 heavy (non-hydrogen) atoms. The molecule has 1 unspecified atom stereocenters. The molecule has 2 rings (SSSR count). The number of aliphatic hydroxyl groups is 1. The van der Waals surface area contributed by atoms with Gasteiger partial charge in [0.05, 0.1) is 5.60 Å². The summed E-state index contributed by atoms with van der Waals surface area (Å²) in [7, 11) is 0. The third kappa shape index (κ3) is 4.76. The van der Waals surface area contributed by atoms with E-state index in [1.807, 2.05) is 30.3 Å². The summed E-state index contributed by atoms with van der Waals surface area (Å²) >= 11 is 0. The van der Waals surface area contributed by atoms with Crippen LogP contribution in [0.25, 0.3) is 0 Å². The Morgan fingerprint density at radius 2 is 1.65 bits per heavy atom. The molecule has 1 aromatic rings. The van der Waals surface area contributed by atoms with Crippen LogP contribution in [0.1, 0.15) is 51.0 Å². The Balaban J connectivity index is 0.00000200. The molecule has 1 aliphatic rings. The molecule has 0 radical (unpaired) electrons. The highest BCUT2D eigenvalue weighted by atomic mass is 35.5. The quantitative estimate of drug-likeness (QED) is 0.889. The third-order valence-electron chi connectivity index (χ3n) is 4.44. The van der Waals surface area contributed by atoms with Gasteiger partial charge in [0.25, 0.3) is 0 Å². The molecule has 3 heteroatoms. The molecule has 0 spiro atoms. The van der Waals surface area contributed by atoms with Crippen LogP contribution in [0.15, 0.2) is 30.3 Å². The highest BCUT2D eigenvalue weighted by Crippen LogP contribution is 2.29. The number of hydrogen-bond acceptors (Lipinski definition) is 2. The average molecular weight is 298 g/mol. The number of likely N-dealkylation sites (tertiary alicyclic amines) is 1. The first-order valence-electron chi connectivity index (χ1n) is 7.75. The van der Waals surface area contributed by atoms with Crippen molar-refractivity contribution in [3.63, 3.8) is 0 Å². The van der Waals surface area contributed by atoms with Crippen molar-refractivity contribution in [1.29, 1.82) is 0 Å². The zero-order valence-electron chi connectivity index (χ0n) is 12.6. The van der Waals surface area contributed by atoms with Crippen molar-refractivity contribution in [2.75, 3.05) is 19.6 Å². The molecule has 0 aromatic heterocycles. The molecule has 0 saturated carbocycles. The fourth-order valence-electron chi connectivity index (χ4n) is 2.98. The first kappa shape index (κ1) is 17.5. The molecule has 1 fully saturated rings. The number of nitrogens with zero attached hydrogens (tertiary/aromatic N) is 1. The summed E-state index contributed by atoms with van der Waals surface area (Å²) in [5.41, 5.74) is 0.403. The second-order valence-corrected chi connectivity index (χ2v) is 5.76. The largest absolute Gasteiger partial charge is 0.385 e. The number of hydrogen-bond donors (Lipinski definition) is 1. The van der Waals surface area contributed by atoms with E-state index in [9.17, 15) is 5.11 Å². The van der Waals surface area contributed by atoms with Gasteiger partial charge in [0.15, 0.2) is 0 Å². The maximum atomic E-state index is 10.9. The summed E-state index contributed by atoms with van der Waals surface area (Å²) in [5, 5.41) is 10.9. The predicted octanol–water partition coefficient (Wildman–Crippen LogP) is 3.97. The smallest absolute Gasteiger partial charge is 0.0906 e. The molecule has 114 valence electrons. The molecule has 1 saturated heterocycles. The molecule has 1 N–H and O–H groups in total. The van der Waals surface area contributed by atoms with Gasteiger partial charge >= 0.3 is 0 Å². The highest BCUT2D eigenvalue weighted by Gasteiger charge is 2.27. The molecule has 0 aliphatic carbocycles. The van der Waals surface area contributed by atoms with Crippen LogP contribution in [0.2, 0.25) is 0 Å². The third-order valence-corrected chi connectivity index (χ3v) is 4.44. The Morgan fingerprint density at radius 3 is 2.20 bits per heavy atom. The summed E-state index contributed by atoms with van der Waals surface area (Å²) in [6, 6.07) is 10.1. The van der Waals surface area contributed by atoms with E-state index in [1.165, 1.54) is 38.8 Å². The summed E-state index contributed by atoms with van der Waals surface area (Å²) in [6.07, 6.45) is 6.99. The van der Waals surface area contributed by atoms with Crippen molar-refractivity contribution >= 4 is 12.4 Å². The molecule has 1 aromatic carbocycles. The Bertz CT molecular complexity index is 363. The minimum Gasteiger partial charge on any atom is -0.385 e. The zero-order valence-corrected chi connectivity index (χ0v) is 13.4. The molecule has 1 aliphatic heterocycles. The van der Waals surface area contributed by atoms with E-state index in [4.69, 9.17) is 0 Å². The van der Waals surface area contributed by atoms with Crippen molar-refractivity contribution in [3.05, 3.63) is 35.9 Å². The van der Waals surface area contributed by atoms with Gasteiger partial charge in [-0.05, 0) is 44.3 Å². The van der Waals surface area contributed by atoms with Crippen LogP contribution >= 0.6 is 12.4 Å². The summed E-state index contributed by atoms with van der Waals surface area (Å²) in [4.78, 5) is 2.52. The Labute approximate surface area is 129 Å². The van der Waals surface area contributed by atoms with Crippen LogP contribution in [-0.4, -0.2) is 29.6 Å². The Morgan fingerprint density at radius 1 is 1.05 bits per heavy atom. The van der Waals surface area contributed by atoms with E-state index in [-0.39, 0.29) is 12.4 Å². The lowest BCUT2D eigenvalue weighted by Gasteiger charge is -2.30. The number of rotatable bonds is 5. The van der Waals surface area contributed by atoms with Gasteiger partial charge in [0.1, 0.15) is 0 Å². The van der Waals surface area contributed by atoms with Gasteiger partial charge < -0.3 is 10.0 Å². The minimum absolute atomic E-state index is 0. The molecule has 0 bridgehead atoms. The van der Waals surface area contributed by atoms with Crippen molar-refractivity contribution in [2.24, 2.45) is 0 Å². The van der Waals surface area contributed by atoms with Crippen LogP contribution < -0.4 is 0 Å². The van der Waals surface area contributed by atoms with Crippen LogP contribution in [-0.2, 0) is 5.60 Å². The van der Waals surface area contributed by atoms with Crippen molar-refractivity contribution in [2.45, 2.75) is 51.0 Å². The standard InChI is InChI=1S/C17H27NO.ClH/c1-2-17(19,16-10-6-5-7-11-16)12-15-18-13-8-3-4-9-14-18;/h5-7,10-11,19H,2-4,8-9,12-15H2,1H3;1H. The van der Waals surface area contributed by atoms with E-state index in [0.717, 1.165) is 24.9 Å². The average Bonchev–Trinajstić information content (AvgIpc) is 2.74. The van der Waals surface area contributed by atoms with Crippen LogP contribution in [0, 0.1) is 0 Å². The van der Waals surface area contributed by atoms with Gasteiger partial charge in [-0.15, -0.1) is 12.4 Å². The van der Waals surface area contributed by atoms with Gasteiger partial charge in [-0.1, -0.05) is 50.1 Å². The number of halogens is 1. The van der Waals surface area contributed by atoms with Gasteiger partial charge in [0.2, 0.25) is 0 Å². The van der Waals surface area contributed by atoms with Gasteiger partial charge in [-0.3, -0.25) is 0 Å². The predicted molar refractivity (Wildman–Crippen MR) is 87.4 cm³/mol. The van der Waals surface area contributed by atoms with E-state index >= 15 is 0 Å². The fourth-order valence-corrected chi connectivity index (χ4v) is 2.98. The highest BCUT2D eigenvalue weighted by molar-refractivity contribution is 5.85. The summed E-state index contributed by atoms with van der Waals surface area (Å²) in [5.74, 6) is 0. The molecular formula is C17H28ClNO. The maximum absolute atomic E-state index is 10.9. The van der Waals surface area contributed by atoms with E-state index in [1.54, 1.807) is 0 Å². The Kier molecular flexibility index (Phi) is 7.57. The van der Waals surface area contributed by atoms with E-state index < -0.39 is 5.60 Å². The molecule has 1 heterocycles. The molecule has 0 amide bonds.